The summed E-state index contributed by atoms with van der Waals surface area (Å²) in [6.45, 7) is 6.42. The van der Waals surface area contributed by atoms with E-state index in [0.717, 1.165) is 12.8 Å². The Kier molecular flexibility index (Phi) is 6.16. The van der Waals surface area contributed by atoms with Crippen LogP contribution in [-0.2, 0) is 0 Å². The van der Waals surface area contributed by atoms with Crippen molar-refractivity contribution in [1.82, 2.24) is 5.32 Å². The molecule has 19 heavy (non-hydrogen) atoms. The molecule has 106 valence electrons. The molecule has 0 aliphatic carbocycles. The first-order valence-corrected chi connectivity index (χ1v) is 7.14. The maximum Gasteiger partial charge on any atom is 0.253 e. The van der Waals surface area contributed by atoms with Gasteiger partial charge in [-0.2, -0.15) is 0 Å². The Bertz CT molecular complexity index is 432. The van der Waals surface area contributed by atoms with Crippen molar-refractivity contribution in [2.24, 2.45) is 5.92 Å². The minimum atomic E-state index is -0.158. The second kappa shape index (κ2) is 7.39. The highest BCUT2D eigenvalue weighted by atomic mass is 35.5. The van der Waals surface area contributed by atoms with Crippen molar-refractivity contribution in [1.29, 1.82) is 0 Å². The van der Waals surface area contributed by atoms with Crippen LogP contribution in [0.4, 0.5) is 5.69 Å². The van der Waals surface area contributed by atoms with Crippen LogP contribution in [0.25, 0.3) is 0 Å². The summed E-state index contributed by atoms with van der Waals surface area (Å²) in [7, 11) is 0. The summed E-state index contributed by atoms with van der Waals surface area (Å²) in [6.07, 6.45) is 3.27. The average Bonchev–Trinajstić information content (AvgIpc) is 2.31. The van der Waals surface area contributed by atoms with E-state index in [4.69, 9.17) is 17.3 Å². The van der Waals surface area contributed by atoms with Crippen molar-refractivity contribution in [3.8, 4) is 0 Å². The second-order valence-corrected chi connectivity index (χ2v) is 5.79. The summed E-state index contributed by atoms with van der Waals surface area (Å²) in [5, 5.41) is 3.29. The average molecular weight is 283 g/mol. The van der Waals surface area contributed by atoms with E-state index in [2.05, 4.69) is 19.2 Å². The molecule has 1 aromatic rings. The molecule has 0 radical (unpaired) electrons. The van der Waals surface area contributed by atoms with Crippen LogP contribution in [0.15, 0.2) is 18.2 Å². The van der Waals surface area contributed by atoms with Gasteiger partial charge in [0.1, 0.15) is 0 Å². The lowest BCUT2D eigenvalue weighted by molar-refractivity contribution is 0.0938. The van der Waals surface area contributed by atoms with Crippen LogP contribution in [0, 0.1) is 5.92 Å². The van der Waals surface area contributed by atoms with Gasteiger partial charge in [-0.3, -0.25) is 4.79 Å². The van der Waals surface area contributed by atoms with Crippen molar-refractivity contribution in [2.45, 2.75) is 46.1 Å². The molecular formula is C15H23ClN2O. The van der Waals surface area contributed by atoms with E-state index < -0.39 is 0 Å². The molecule has 1 rings (SSSR count). The standard InChI is InChI=1S/C15H23ClN2O/c1-10(2)6-4-7-11(3)18-15(19)12-8-5-9-13(17)14(12)16/h5,8-11H,4,6-7,17H2,1-3H3,(H,18,19). The zero-order valence-corrected chi connectivity index (χ0v) is 12.6. The van der Waals surface area contributed by atoms with Gasteiger partial charge in [0.05, 0.1) is 16.3 Å². The molecule has 1 atom stereocenters. The maximum absolute atomic E-state index is 12.1. The number of halogens is 1. The third-order valence-corrected chi connectivity index (χ3v) is 3.49. The molecule has 0 bridgehead atoms. The molecule has 0 aromatic heterocycles. The summed E-state index contributed by atoms with van der Waals surface area (Å²) < 4.78 is 0. The minimum absolute atomic E-state index is 0.142. The molecule has 0 saturated carbocycles. The molecule has 0 spiro atoms. The first kappa shape index (κ1) is 15.8. The molecule has 0 aliphatic rings. The first-order valence-electron chi connectivity index (χ1n) is 6.76. The lowest BCUT2D eigenvalue weighted by Crippen LogP contribution is -2.32. The number of amides is 1. The highest BCUT2D eigenvalue weighted by molar-refractivity contribution is 6.36. The SMILES string of the molecule is CC(C)CCCC(C)NC(=O)c1cccc(N)c1Cl. The van der Waals surface area contributed by atoms with Crippen molar-refractivity contribution in [3.63, 3.8) is 0 Å². The second-order valence-electron chi connectivity index (χ2n) is 5.41. The van der Waals surface area contributed by atoms with Crippen LogP contribution in [0.5, 0.6) is 0 Å². The number of carbonyl (C=O) groups excluding carboxylic acids is 1. The highest BCUT2D eigenvalue weighted by Crippen LogP contribution is 2.23. The van der Waals surface area contributed by atoms with Crippen molar-refractivity contribution < 1.29 is 4.79 Å². The summed E-state index contributed by atoms with van der Waals surface area (Å²) >= 11 is 6.03. The zero-order chi connectivity index (χ0) is 14.4. The number of hydrogen-bond acceptors (Lipinski definition) is 2. The number of nitrogens with two attached hydrogens (primary N) is 1. The van der Waals surface area contributed by atoms with E-state index in [1.165, 1.54) is 6.42 Å². The van der Waals surface area contributed by atoms with E-state index >= 15 is 0 Å². The third kappa shape index (κ3) is 5.11. The Morgan fingerprint density at radius 3 is 2.63 bits per heavy atom. The normalized spacial score (nSPS) is 12.5. The predicted molar refractivity (Wildman–Crippen MR) is 81.5 cm³/mol. The number of carbonyl (C=O) groups is 1. The van der Waals surface area contributed by atoms with E-state index in [-0.39, 0.29) is 11.9 Å². The molecule has 1 unspecified atom stereocenters. The smallest absolute Gasteiger partial charge is 0.253 e. The number of nitrogen functional groups attached to an aromatic ring is 1. The number of rotatable bonds is 6. The number of anilines is 1. The monoisotopic (exact) mass is 282 g/mol. The maximum atomic E-state index is 12.1. The Morgan fingerprint density at radius 2 is 2.00 bits per heavy atom. The van der Waals surface area contributed by atoms with E-state index in [9.17, 15) is 4.79 Å². The van der Waals surface area contributed by atoms with Crippen LogP contribution < -0.4 is 11.1 Å². The van der Waals surface area contributed by atoms with Gasteiger partial charge in [0.2, 0.25) is 0 Å². The van der Waals surface area contributed by atoms with E-state index in [1.54, 1.807) is 18.2 Å². The molecule has 3 nitrogen and oxygen atoms in total. The minimum Gasteiger partial charge on any atom is -0.398 e. The van der Waals surface area contributed by atoms with Crippen molar-refractivity contribution in [3.05, 3.63) is 28.8 Å². The van der Waals surface area contributed by atoms with Gasteiger partial charge < -0.3 is 11.1 Å². The fourth-order valence-corrected chi connectivity index (χ4v) is 2.14. The van der Waals surface area contributed by atoms with Crippen molar-refractivity contribution in [2.75, 3.05) is 5.73 Å². The Hall–Kier alpha value is -1.22. The highest BCUT2D eigenvalue weighted by Gasteiger charge is 2.14. The summed E-state index contributed by atoms with van der Waals surface area (Å²) in [6, 6.07) is 5.25. The van der Waals surface area contributed by atoms with Crippen LogP contribution in [0.3, 0.4) is 0 Å². The fourth-order valence-electron chi connectivity index (χ4n) is 1.93. The summed E-state index contributed by atoms with van der Waals surface area (Å²) in [5.74, 6) is 0.542. The van der Waals surface area contributed by atoms with Gasteiger partial charge in [-0.25, -0.2) is 0 Å². The molecular weight excluding hydrogens is 260 g/mol. The number of hydrogen-bond donors (Lipinski definition) is 2. The van der Waals surface area contributed by atoms with Gasteiger partial charge in [0, 0.05) is 6.04 Å². The lowest BCUT2D eigenvalue weighted by atomic mass is 10.0. The molecule has 0 saturated heterocycles. The largest absolute Gasteiger partial charge is 0.398 e. The molecule has 0 fully saturated rings. The van der Waals surface area contributed by atoms with Gasteiger partial charge in [-0.15, -0.1) is 0 Å². The third-order valence-electron chi connectivity index (χ3n) is 3.07. The summed E-state index contributed by atoms with van der Waals surface area (Å²) in [5.41, 5.74) is 6.57. The predicted octanol–water partition coefficient (Wildman–Crippen LogP) is 3.87. The summed E-state index contributed by atoms with van der Waals surface area (Å²) in [4.78, 5) is 12.1. The molecule has 3 N–H and O–H groups in total. The van der Waals surface area contributed by atoms with Crippen LogP contribution in [0.2, 0.25) is 5.02 Å². The topological polar surface area (TPSA) is 55.1 Å². The van der Waals surface area contributed by atoms with Gasteiger partial charge in [0.15, 0.2) is 0 Å². The Balaban J connectivity index is 2.52. The van der Waals surface area contributed by atoms with Crippen molar-refractivity contribution >= 4 is 23.2 Å². The Labute approximate surface area is 120 Å². The van der Waals surface area contributed by atoms with Crippen LogP contribution in [-0.4, -0.2) is 11.9 Å². The van der Waals surface area contributed by atoms with Gasteiger partial charge in [-0.1, -0.05) is 44.4 Å². The molecule has 0 heterocycles. The van der Waals surface area contributed by atoms with Crippen LogP contribution in [0.1, 0.15) is 50.4 Å². The quantitative estimate of drug-likeness (QED) is 0.778. The fraction of sp³-hybridized carbons (Fsp3) is 0.533. The van der Waals surface area contributed by atoms with Gasteiger partial charge in [0.25, 0.3) is 5.91 Å². The molecule has 1 amide bonds. The molecule has 4 heteroatoms. The Morgan fingerprint density at radius 1 is 1.32 bits per heavy atom. The van der Waals surface area contributed by atoms with Crippen LogP contribution >= 0.6 is 11.6 Å². The first-order chi connectivity index (χ1) is 8.91. The number of nitrogens with one attached hydrogen (secondary N) is 1. The number of benzene rings is 1. The van der Waals surface area contributed by atoms with Gasteiger partial charge >= 0.3 is 0 Å². The van der Waals surface area contributed by atoms with E-state index in [1.807, 2.05) is 6.92 Å². The molecule has 0 aliphatic heterocycles. The zero-order valence-electron chi connectivity index (χ0n) is 11.9. The van der Waals surface area contributed by atoms with Gasteiger partial charge in [-0.05, 0) is 31.4 Å². The lowest BCUT2D eigenvalue weighted by Gasteiger charge is -2.15. The van der Waals surface area contributed by atoms with E-state index in [0.29, 0.717) is 22.2 Å². The molecule has 1 aromatic carbocycles.